The number of hydrogen-bond acceptors (Lipinski definition) is 4. The van der Waals surface area contributed by atoms with Crippen molar-refractivity contribution in [1.82, 2.24) is 4.90 Å². The molecule has 0 spiro atoms. The maximum Gasteiger partial charge on any atom is 0.266 e. The molecule has 1 saturated heterocycles. The summed E-state index contributed by atoms with van der Waals surface area (Å²) in [6.07, 6.45) is 0. The first-order chi connectivity index (χ1) is 9.16. The fourth-order valence-corrected chi connectivity index (χ4v) is 4.71. The Bertz CT molecular complexity index is 635. The maximum absolute atomic E-state index is 12.5. The summed E-state index contributed by atoms with van der Waals surface area (Å²) in [7, 11) is 0. The van der Waals surface area contributed by atoms with E-state index in [2.05, 4.69) is 15.9 Å². The second-order valence-corrected chi connectivity index (χ2v) is 7.58. The number of carbonyl (C=O) groups is 1. The molecule has 2 heterocycles. The van der Waals surface area contributed by atoms with Crippen molar-refractivity contribution < 1.29 is 4.79 Å². The highest BCUT2D eigenvalue weighted by atomic mass is 79.9. The highest BCUT2D eigenvalue weighted by molar-refractivity contribution is 9.10. The minimum atomic E-state index is 0.0788. The van der Waals surface area contributed by atoms with Crippen LogP contribution in [-0.4, -0.2) is 35.4 Å². The number of benzene rings is 1. The predicted molar refractivity (Wildman–Crippen MR) is 87.2 cm³/mol. The highest BCUT2D eigenvalue weighted by Gasteiger charge is 2.23. The van der Waals surface area contributed by atoms with Gasteiger partial charge in [0.2, 0.25) is 0 Å². The Labute approximate surface area is 128 Å². The van der Waals surface area contributed by atoms with Crippen molar-refractivity contribution in [2.24, 2.45) is 0 Å². The van der Waals surface area contributed by atoms with E-state index in [-0.39, 0.29) is 5.91 Å². The average molecular weight is 357 g/mol. The molecule has 2 N–H and O–H groups in total. The highest BCUT2D eigenvalue weighted by Crippen LogP contribution is 2.36. The fraction of sp³-hybridized carbons (Fsp3) is 0.308. The molecule has 19 heavy (non-hydrogen) atoms. The molecule has 3 nitrogen and oxygen atoms in total. The number of anilines is 1. The van der Waals surface area contributed by atoms with Gasteiger partial charge in [-0.3, -0.25) is 4.79 Å². The summed E-state index contributed by atoms with van der Waals surface area (Å²) < 4.78 is 2.07. The van der Waals surface area contributed by atoms with Crippen molar-refractivity contribution in [3.63, 3.8) is 0 Å². The molecule has 1 aliphatic heterocycles. The third-order valence-corrected chi connectivity index (χ3v) is 5.78. The summed E-state index contributed by atoms with van der Waals surface area (Å²) in [6.45, 7) is 1.64. The van der Waals surface area contributed by atoms with Gasteiger partial charge >= 0.3 is 0 Å². The zero-order valence-corrected chi connectivity index (χ0v) is 13.4. The van der Waals surface area contributed by atoms with Crippen LogP contribution in [0.5, 0.6) is 0 Å². The van der Waals surface area contributed by atoms with E-state index in [1.807, 2.05) is 34.9 Å². The molecule has 0 saturated carbocycles. The van der Waals surface area contributed by atoms with E-state index < -0.39 is 0 Å². The maximum atomic E-state index is 12.5. The van der Waals surface area contributed by atoms with Crippen LogP contribution in [0, 0.1) is 0 Å². The van der Waals surface area contributed by atoms with Crippen LogP contribution in [0.1, 0.15) is 9.67 Å². The summed E-state index contributed by atoms with van der Waals surface area (Å²) in [6, 6.07) is 5.94. The standard InChI is InChI=1S/C13H13BrN2OS2/c14-8-1-2-9-10(7-8)19-12(11(9)15)13(17)16-3-5-18-6-4-16/h1-2,7H,3-6,15H2. The zero-order chi connectivity index (χ0) is 13.4. The van der Waals surface area contributed by atoms with Crippen molar-refractivity contribution >= 4 is 60.7 Å². The fourth-order valence-electron chi connectivity index (χ4n) is 2.16. The largest absolute Gasteiger partial charge is 0.397 e. The van der Waals surface area contributed by atoms with Gasteiger partial charge in [0, 0.05) is 39.2 Å². The van der Waals surface area contributed by atoms with E-state index in [0.717, 1.165) is 39.2 Å². The number of hydrogen-bond donors (Lipinski definition) is 1. The minimum Gasteiger partial charge on any atom is -0.397 e. The zero-order valence-electron chi connectivity index (χ0n) is 10.2. The van der Waals surface area contributed by atoms with Gasteiger partial charge in [0.05, 0.1) is 5.69 Å². The van der Waals surface area contributed by atoms with Crippen molar-refractivity contribution in [3.05, 3.63) is 27.5 Å². The van der Waals surface area contributed by atoms with Gasteiger partial charge in [-0.2, -0.15) is 11.8 Å². The van der Waals surface area contributed by atoms with Crippen LogP contribution in [0.4, 0.5) is 5.69 Å². The van der Waals surface area contributed by atoms with Crippen molar-refractivity contribution in [1.29, 1.82) is 0 Å². The predicted octanol–water partition coefficient (Wildman–Crippen LogP) is 3.44. The Morgan fingerprint density at radius 2 is 2.05 bits per heavy atom. The number of fused-ring (bicyclic) bond motifs is 1. The molecule has 3 rings (SSSR count). The first-order valence-electron chi connectivity index (χ1n) is 6.01. The second kappa shape index (κ2) is 5.34. The van der Waals surface area contributed by atoms with Crippen LogP contribution in [0.25, 0.3) is 10.1 Å². The van der Waals surface area contributed by atoms with Gasteiger partial charge < -0.3 is 10.6 Å². The van der Waals surface area contributed by atoms with E-state index in [4.69, 9.17) is 5.73 Å². The van der Waals surface area contributed by atoms with E-state index in [1.54, 1.807) is 0 Å². The average Bonchev–Trinajstić information content (AvgIpc) is 2.75. The van der Waals surface area contributed by atoms with Crippen LogP contribution in [0.3, 0.4) is 0 Å². The summed E-state index contributed by atoms with van der Waals surface area (Å²) in [5.41, 5.74) is 6.76. The first kappa shape index (κ1) is 13.3. The second-order valence-electron chi connectivity index (χ2n) is 4.39. The van der Waals surface area contributed by atoms with Gasteiger partial charge in [-0.05, 0) is 12.1 Å². The number of nitrogen functional groups attached to an aromatic ring is 1. The normalized spacial score (nSPS) is 15.9. The molecular formula is C13H13BrN2OS2. The van der Waals surface area contributed by atoms with E-state index >= 15 is 0 Å². The van der Waals surface area contributed by atoms with Gasteiger partial charge in [-0.15, -0.1) is 11.3 Å². The minimum absolute atomic E-state index is 0.0788. The first-order valence-corrected chi connectivity index (χ1v) is 8.78. The molecule has 1 aromatic carbocycles. The topological polar surface area (TPSA) is 46.3 Å². The van der Waals surface area contributed by atoms with Crippen molar-refractivity contribution in [3.8, 4) is 0 Å². The van der Waals surface area contributed by atoms with Crippen LogP contribution in [-0.2, 0) is 0 Å². The number of carbonyl (C=O) groups excluding carboxylic acids is 1. The summed E-state index contributed by atoms with van der Waals surface area (Å²) in [5, 5.41) is 0.975. The van der Waals surface area contributed by atoms with Gasteiger partial charge in [-0.1, -0.05) is 22.0 Å². The SMILES string of the molecule is Nc1c(C(=O)N2CCSCC2)sc2cc(Br)ccc12. The van der Waals surface area contributed by atoms with Gasteiger partial charge in [0.1, 0.15) is 4.88 Å². The molecule has 2 aromatic rings. The van der Waals surface area contributed by atoms with Crippen LogP contribution >= 0.6 is 39.0 Å². The Kier molecular flexibility index (Phi) is 3.73. The lowest BCUT2D eigenvalue weighted by Crippen LogP contribution is -2.37. The molecule has 0 radical (unpaired) electrons. The molecule has 1 fully saturated rings. The lowest BCUT2D eigenvalue weighted by molar-refractivity contribution is 0.0778. The molecule has 0 aliphatic carbocycles. The Hall–Kier alpha value is -0.720. The Morgan fingerprint density at radius 1 is 1.32 bits per heavy atom. The number of nitrogens with zero attached hydrogens (tertiary/aromatic N) is 1. The number of thiophene rings is 1. The van der Waals surface area contributed by atoms with Gasteiger partial charge in [-0.25, -0.2) is 0 Å². The molecule has 0 unspecified atom stereocenters. The summed E-state index contributed by atoms with van der Waals surface area (Å²) >= 11 is 6.83. The Balaban J connectivity index is 2.00. The summed E-state index contributed by atoms with van der Waals surface area (Å²) in [4.78, 5) is 15.1. The third kappa shape index (κ3) is 2.49. The number of rotatable bonds is 1. The summed E-state index contributed by atoms with van der Waals surface area (Å²) in [5.74, 6) is 2.11. The monoisotopic (exact) mass is 356 g/mol. The number of thioether (sulfide) groups is 1. The smallest absolute Gasteiger partial charge is 0.266 e. The van der Waals surface area contributed by atoms with Gasteiger partial charge in [0.25, 0.3) is 5.91 Å². The van der Waals surface area contributed by atoms with Crippen molar-refractivity contribution in [2.45, 2.75) is 0 Å². The van der Waals surface area contributed by atoms with Gasteiger partial charge in [0.15, 0.2) is 0 Å². The molecule has 1 aliphatic rings. The number of halogens is 1. The third-order valence-electron chi connectivity index (χ3n) is 3.18. The van der Waals surface area contributed by atoms with Crippen molar-refractivity contribution in [2.75, 3.05) is 30.3 Å². The quantitative estimate of drug-likeness (QED) is 0.851. The molecule has 0 atom stereocenters. The van der Waals surface area contributed by atoms with Crippen LogP contribution in [0.2, 0.25) is 0 Å². The molecular weight excluding hydrogens is 344 g/mol. The molecule has 0 bridgehead atoms. The van der Waals surface area contributed by atoms with E-state index in [1.165, 1.54) is 11.3 Å². The van der Waals surface area contributed by atoms with Crippen LogP contribution < -0.4 is 5.73 Å². The lowest BCUT2D eigenvalue weighted by atomic mass is 10.2. The molecule has 100 valence electrons. The number of nitrogens with two attached hydrogens (primary N) is 1. The molecule has 1 amide bonds. The molecule has 1 aromatic heterocycles. The van der Waals surface area contributed by atoms with E-state index in [9.17, 15) is 4.79 Å². The lowest BCUT2D eigenvalue weighted by Gasteiger charge is -2.26. The van der Waals surface area contributed by atoms with E-state index in [0.29, 0.717) is 10.6 Å². The van der Waals surface area contributed by atoms with Crippen LogP contribution in [0.15, 0.2) is 22.7 Å². The Morgan fingerprint density at radius 3 is 2.79 bits per heavy atom. The molecule has 6 heteroatoms. The number of amides is 1.